The van der Waals surface area contributed by atoms with E-state index in [9.17, 15) is 18.0 Å². The Morgan fingerprint density at radius 1 is 1.23 bits per heavy atom. The highest BCUT2D eigenvalue weighted by Crippen LogP contribution is 2.38. The molecular weight excluding hydrogens is 511 g/mol. The van der Waals surface area contributed by atoms with Crippen LogP contribution in [-0.2, 0) is 19.8 Å². The van der Waals surface area contributed by atoms with Gasteiger partial charge in [0.05, 0.1) is 35.9 Å². The number of hydrogen-bond acceptors (Lipinski definition) is 7. The molecule has 0 aliphatic carbocycles. The van der Waals surface area contributed by atoms with Crippen LogP contribution in [0, 0.1) is 13.8 Å². The molecule has 1 heterocycles. The molecule has 0 bridgehead atoms. The third-order valence-corrected chi connectivity index (χ3v) is 6.50. The summed E-state index contributed by atoms with van der Waals surface area (Å²) in [5.41, 5.74) is 8.91. The molecule has 3 aromatic rings. The first-order valence-corrected chi connectivity index (χ1v) is 12.2. The minimum absolute atomic E-state index is 0.0836. The maximum absolute atomic E-state index is 13.7. The molecule has 0 saturated carbocycles. The molecule has 1 amide bonds. The molecule has 0 unspecified atom stereocenters. The fraction of sp³-hybridized carbons (Fsp3) is 0.333. The lowest BCUT2D eigenvalue weighted by molar-refractivity contribution is -0.137. The van der Waals surface area contributed by atoms with Gasteiger partial charge in [0.15, 0.2) is 0 Å². The van der Waals surface area contributed by atoms with Crippen molar-refractivity contribution in [3.05, 3.63) is 76.2 Å². The predicted octanol–water partition coefficient (Wildman–Crippen LogP) is 4.41. The van der Waals surface area contributed by atoms with Crippen LogP contribution in [0.25, 0.3) is 5.70 Å². The Kier molecular flexibility index (Phi) is 8.92. The molecule has 12 heteroatoms. The van der Waals surface area contributed by atoms with E-state index < -0.39 is 17.6 Å². The average molecular weight is 546 g/mol. The zero-order valence-electron chi connectivity index (χ0n) is 22.8. The number of anilines is 2. The van der Waals surface area contributed by atoms with Crippen molar-refractivity contribution in [1.82, 2.24) is 14.7 Å². The van der Waals surface area contributed by atoms with Crippen LogP contribution < -0.4 is 26.6 Å². The molecule has 1 aromatic heterocycles. The molecule has 3 rings (SSSR count). The van der Waals surface area contributed by atoms with Gasteiger partial charge in [0.1, 0.15) is 5.75 Å². The van der Waals surface area contributed by atoms with Gasteiger partial charge in [-0.3, -0.25) is 14.5 Å². The second-order valence-electron chi connectivity index (χ2n) is 9.26. The normalized spacial score (nSPS) is 12.1. The van der Waals surface area contributed by atoms with E-state index in [-0.39, 0.29) is 23.5 Å². The zero-order valence-corrected chi connectivity index (χ0v) is 22.8. The van der Waals surface area contributed by atoms with Crippen LogP contribution in [-0.4, -0.2) is 41.3 Å². The van der Waals surface area contributed by atoms with E-state index in [4.69, 9.17) is 16.3 Å². The van der Waals surface area contributed by atoms with Crippen LogP contribution in [0.1, 0.15) is 45.2 Å². The summed E-state index contributed by atoms with van der Waals surface area (Å²) >= 11 is 0. The number of nitrogens with zero attached hydrogens (tertiary/aromatic N) is 4. The number of rotatable bonds is 9. The third-order valence-electron chi connectivity index (χ3n) is 6.50. The SMILES string of the molecule is CCN(C)Cc1cc(C(F)(F)F)cc(NC(=O)c2ccc(C)c(N(N)/C=C(\N)c3cnn(C)c3C)c2)c1OC. The summed E-state index contributed by atoms with van der Waals surface area (Å²) < 4.78 is 48.2. The Bertz CT molecular complexity index is 1380. The fourth-order valence-corrected chi connectivity index (χ4v) is 4.00. The van der Waals surface area contributed by atoms with Gasteiger partial charge >= 0.3 is 6.18 Å². The fourth-order valence-electron chi connectivity index (χ4n) is 4.00. The summed E-state index contributed by atoms with van der Waals surface area (Å²) in [4.78, 5) is 15.1. The molecule has 0 fully saturated rings. The number of carbonyl (C=O) groups is 1. The second kappa shape index (κ2) is 11.8. The quantitative estimate of drug-likeness (QED) is 0.270. The first-order chi connectivity index (χ1) is 18.3. The van der Waals surface area contributed by atoms with E-state index >= 15 is 0 Å². The number of amides is 1. The van der Waals surface area contributed by atoms with E-state index in [2.05, 4.69) is 10.4 Å². The van der Waals surface area contributed by atoms with E-state index in [1.165, 1.54) is 24.4 Å². The van der Waals surface area contributed by atoms with Crippen LogP contribution in [0.15, 0.2) is 42.7 Å². The van der Waals surface area contributed by atoms with E-state index in [1.807, 2.05) is 25.7 Å². The summed E-state index contributed by atoms with van der Waals surface area (Å²) in [6.07, 6.45) is -1.47. The van der Waals surface area contributed by atoms with Gasteiger partial charge in [-0.2, -0.15) is 18.3 Å². The van der Waals surface area contributed by atoms with Gasteiger partial charge in [0.2, 0.25) is 0 Å². The van der Waals surface area contributed by atoms with Crippen molar-refractivity contribution in [3.8, 4) is 5.75 Å². The van der Waals surface area contributed by atoms with Crippen molar-refractivity contribution >= 4 is 23.0 Å². The summed E-state index contributed by atoms with van der Waals surface area (Å²) in [5, 5.41) is 8.05. The summed E-state index contributed by atoms with van der Waals surface area (Å²) in [6.45, 7) is 6.38. The number of halogens is 3. The number of carbonyl (C=O) groups excluding carboxylic acids is 1. The summed E-state index contributed by atoms with van der Waals surface area (Å²) in [7, 11) is 4.93. The minimum Gasteiger partial charge on any atom is -0.494 e. The molecule has 0 saturated heterocycles. The molecule has 5 N–H and O–H groups in total. The number of benzene rings is 2. The Labute approximate surface area is 225 Å². The highest BCUT2D eigenvalue weighted by Gasteiger charge is 2.33. The van der Waals surface area contributed by atoms with Crippen molar-refractivity contribution < 1.29 is 22.7 Å². The molecular formula is C27H34F3N7O2. The Hall–Kier alpha value is -4.03. The number of ether oxygens (including phenoxy) is 1. The number of alkyl halides is 3. The molecule has 0 aliphatic heterocycles. The first-order valence-electron chi connectivity index (χ1n) is 12.2. The number of nitrogens with two attached hydrogens (primary N) is 2. The molecule has 0 atom stereocenters. The van der Waals surface area contributed by atoms with E-state index in [1.54, 1.807) is 37.1 Å². The third kappa shape index (κ3) is 6.70. The maximum atomic E-state index is 13.7. The van der Waals surface area contributed by atoms with Crippen LogP contribution in [0.4, 0.5) is 24.5 Å². The summed E-state index contributed by atoms with van der Waals surface area (Å²) in [5.74, 6) is 5.81. The number of hydrazine groups is 1. The number of aryl methyl sites for hydroxylation is 2. The first kappa shape index (κ1) is 29.5. The standard InChI is InChI=1S/C27H34F3N7O2/c1-7-35(4)14-19-10-20(27(28,29)30)12-23(25(19)39-6)34-26(38)18-9-8-16(2)24(11-18)37(32)15-22(31)21-13-33-36(5)17(21)3/h8-13,15H,7,14,31-32H2,1-6H3,(H,34,38)/b22-15-. The van der Waals surface area contributed by atoms with Gasteiger partial charge in [0.25, 0.3) is 5.91 Å². The lowest BCUT2D eigenvalue weighted by Gasteiger charge is -2.21. The van der Waals surface area contributed by atoms with Crippen LogP contribution in [0.2, 0.25) is 0 Å². The van der Waals surface area contributed by atoms with Crippen molar-refractivity contribution in [2.24, 2.45) is 18.6 Å². The molecule has 9 nitrogen and oxygen atoms in total. The van der Waals surface area contributed by atoms with Crippen LogP contribution in [0.3, 0.4) is 0 Å². The highest BCUT2D eigenvalue weighted by atomic mass is 19.4. The molecule has 39 heavy (non-hydrogen) atoms. The van der Waals surface area contributed by atoms with Gasteiger partial charge in [-0.1, -0.05) is 13.0 Å². The largest absolute Gasteiger partial charge is 0.494 e. The lowest BCUT2D eigenvalue weighted by Crippen LogP contribution is -2.27. The topological polar surface area (TPSA) is 115 Å². The molecule has 210 valence electrons. The minimum atomic E-state index is -4.61. The van der Waals surface area contributed by atoms with E-state index in [0.29, 0.717) is 29.1 Å². The highest BCUT2D eigenvalue weighted by molar-refractivity contribution is 6.06. The van der Waals surface area contributed by atoms with Crippen molar-refractivity contribution in [3.63, 3.8) is 0 Å². The van der Waals surface area contributed by atoms with Crippen LogP contribution >= 0.6 is 0 Å². The number of hydrogen-bond donors (Lipinski definition) is 3. The Morgan fingerprint density at radius 3 is 2.49 bits per heavy atom. The molecule has 0 aliphatic rings. The number of methoxy groups -OCH3 is 1. The lowest BCUT2D eigenvalue weighted by atomic mass is 10.1. The number of aromatic nitrogens is 2. The Balaban J connectivity index is 1.97. The zero-order chi connectivity index (χ0) is 29.1. The molecule has 2 aromatic carbocycles. The van der Waals surface area contributed by atoms with Crippen LogP contribution in [0.5, 0.6) is 5.75 Å². The average Bonchev–Trinajstić information content (AvgIpc) is 3.21. The number of nitrogens with one attached hydrogen (secondary N) is 1. The van der Waals surface area contributed by atoms with Gasteiger partial charge in [0, 0.05) is 42.2 Å². The maximum Gasteiger partial charge on any atom is 0.416 e. The smallest absolute Gasteiger partial charge is 0.416 e. The van der Waals surface area contributed by atoms with Gasteiger partial charge < -0.3 is 20.7 Å². The van der Waals surface area contributed by atoms with Crippen molar-refractivity contribution in [2.75, 3.05) is 31.0 Å². The van der Waals surface area contributed by atoms with Gasteiger partial charge in [-0.15, -0.1) is 0 Å². The second-order valence-corrected chi connectivity index (χ2v) is 9.26. The van der Waals surface area contributed by atoms with Gasteiger partial charge in [-0.25, -0.2) is 5.84 Å². The van der Waals surface area contributed by atoms with Crippen molar-refractivity contribution in [2.45, 2.75) is 33.5 Å². The summed E-state index contributed by atoms with van der Waals surface area (Å²) in [6, 6.07) is 6.70. The molecule has 0 radical (unpaired) electrons. The van der Waals surface area contributed by atoms with E-state index in [0.717, 1.165) is 23.4 Å². The Morgan fingerprint density at radius 2 is 1.92 bits per heavy atom. The van der Waals surface area contributed by atoms with Gasteiger partial charge in [-0.05, 0) is 57.3 Å². The predicted molar refractivity (Wildman–Crippen MR) is 146 cm³/mol. The van der Waals surface area contributed by atoms with Crippen molar-refractivity contribution in [1.29, 1.82) is 0 Å². The monoisotopic (exact) mass is 545 g/mol. The molecule has 0 spiro atoms.